The molecule has 1 unspecified atom stereocenters. The van der Waals surface area contributed by atoms with E-state index in [2.05, 4.69) is 15.2 Å². The van der Waals surface area contributed by atoms with Crippen molar-refractivity contribution in [1.29, 1.82) is 0 Å². The Labute approximate surface area is 142 Å². The summed E-state index contributed by atoms with van der Waals surface area (Å²) in [5.41, 5.74) is 0. The van der Waals surface area contributed by atoms with Gasteiger partial charge >= 0.3 is 0 Å². The zero-order valence-electron chi connectivity index (χ0n) is 13.6. The Kier molecular flexibility index (Phi) is 4.26. The summed E-state index contributed by atoms with van der Waals surface area (Å²) in [5, 5.41) is 4.95. The van der Waals surface area contributed by atoms with E-state index in [0.717, 1.165) is 43.4 Å². The molecule has 2 aliphatic heterocycles. The van der Waals surface area contributed by atoms with Gasteiger partial charge in [-0.1, -0.05) is 12.1 Å². The smallest absolute Gasteiger partial charge is 0.243 e. The van der Waals surface area contributed by atoms with Crippen LogP contribution in [0, 0.1) is 0 Å². The number of hydrogen-bond acceptors (Lipinski definition) is 5. The Morgan fingerprint density at radius 1 is 1.12 bits per heavy atom. The number of sulfonamides is 1. The second-order valence-electron chi connectivity index (χ2n) is 6.44. The van der Waals surface area contributed by atoms with E-state index in [0.29, 0.717) is 24.0 Å². The van der Waals surface area contributed by atoms with Crippen LogP contribution in [0.4, 0.5) is 0 Å². The molecule has 2 saturated heterocycles. The molecule has 1 N–H and O–H groups in total. The molecule has 1 atom stereocenters. The van der Waals surface area contributed by atoms with Crippen LogP contribution in [0.2, 0.25) is 0 Å². The Balaban J connectivity index is 1.61. The fourth-order valence-corrected chi connectivity index (χ4v) is 5.44. The summed E-state index contributed by atoms with van der Waals surface area (Å²) >= 11 is 0. The lowest BCUT2D eigenvalue weighted by atomic mass is 10.2. The van der Waals surface area contributed by atoms with E-state index < -0.39 is 10.0 Å². The summed E-state index contributed by atoms with van der Waals surface area (Å²) in [6.45, 7) is 5.15. The van der Waals surface area contributed by atoms with Crippen molar-refractivity contribution in [3.05, 3.63) is 36.7 Å². The quantitative estimate of drug-likeness (QED) is 0.895. The monoisotopic (exact) mass is 346 g/mol. The molecular weight excluding hydrogens is 324 g/mol. The summed E-state index contributed by atoms with van der Waals surface area (Å²) in [6, 6.07) is 7.51. The van der Waals surface area contributed by atoms with Gasteiger partial charge in [0.25, 0.3) is 0 Å². The standard InChI is InChI=1S/C17H22N4O2S/c22-24(23,17-3-1-2-14-12-19-6-4-16(14)17)21-9-5-15(13-21)20-10-7-18-8-11-20/h1-4,6,12,15,18H,5,7-11,13H2. The molecular formula is C17H22N4O2S. The normalized spacial score (nSPS) is 23.8. The Morgan fingerprint density at radius 2 is 1.96 bits per heavy atom. The van der Waals surface area contributed by atoms with Crippen LogP contribution in [-0.4, -0.2) is 67.9 Å². The van der Waals surface area contributed by atoms with Gasteiger partial charge in [0.1, 0.15) is 0 Å². The number of rotatable bonds is 3. The minimum atomic E-state index is -3.47. The van der Waals surface area contributed by atoms with Gasteiger partial charge < -0.3 is 5.32 Å². The highest BCUT2D eigenvalue weighted by Crippen LogP contribution is 2.28. The second kappa shape index (κ2) is 6.40. The van der Waals surface area contributed by atoms with E-state index in [1.165, 1.54) is 0 Å². The maximum Gasteiger partial charge on any atom is 0.243 e. The maximum atomic E-state index is 13.2. The minimum absolute atomic E-state index is 0.332. The van der Waals surface area contributed by atoms with Crippen LogP contribution in [0.3, 0.4) is 0 Å². The first-order chi connectivity index (χ1) is 11.7. The van der Waals surface area contributed by atoms with Crippen molar-refractivity contribution in [3.8, 4) is 0 Å². The average Bonchev–Trinajstić information content (AvgIpc) is 3.13. The Morgan fingerprint density at radius 3 is 2.79 bits per heavy atom. The predicted molar refractivity (Wildman–Crippen MR) is 93.3 cm³/mol. The van der Waals surface area contributed by atoms with Crippen molar-refractivity contribution < 1.29 is 8.42 Å². The predicted octanol–water partition coefficient (Wildman–Crippen LogP) is 0.903. The summed E-state index contributed by atoms with van der Waals surface area (Å²) in [7, 11) is -3.47. The molecule has 6 nitrogen and oxygen atoms in total. The molecule has 24 heavy (non-hydrogen) atoms. The lowest BCUT2D eigenvalue weighted by Crippen LogP contribution is -2.49. The first kappa shape index (κ1) is 16.0. The Bertz CT molecular complexity index is 828. The van der Waals surface area contributed by atoms with Gasteiger partial charge in [-0.25, -0.2) is 8.42 Å². The van der Waals surface area contributed by atoms with E-state index in [1.807, 2.05) is 6.07 Å². The molecule has 4 rings (SSSR count). The number of fused-ring (bicyclic) bond motifs is 1. The third-order valence-electron chi connectivity index (χ3n) is 5.05. The lowest BCUT2D eigenvalue weighted by Gasteiger charge is -2.32. The van der Waals surface area contributed by atoms with E-state index in [4.69, 9.17) is 0 Å². The molecule has 0 spiro atoms. The number of hydrogen-bond donors (Lipinski definition) is 1. The van der Waals surface area contributed by atoms with Crippen LogP contribution in [0.1, 0.15) is 6.42 Å². The number of pyridine rings is 1. The number of piperazine rings is 1. The van der Waals surface area contributed by atoms with Crippen LogP contribution in [0.15, 0.2) is 41.6 Å². The number of nitrogens with zero attached hydrogens (tertiary/aromatic N) is 3. The Hall–Kier alpha value is -1.54. The number of aromatic nitrogens is 1. The molecule has 0 amide bonds. The van der Waals surface area contributed by atoms with Gasteiger partial charge in [0.15, 0.2) is 0 Å². The van der Waals surface area contributed by atoms with Crippen molar-refractivity contribution in [2.24, 2.45) is 0 Å². The first-order valence-corrected chi connectivity index (χ1v) is 9.88. The molecule has 0 bridgehead atoms. The molecule has 128 valence electrons. The molecule has 2 fully saturated rings. The molecule has 7 heteroatoms. The number of benzene rings is 1. The van der Waals surface area contributed by atoms with Crippen LogP contribution >= 0.6 is 0 Å². The SMILES string of the molecule is O=S(=O)(c1cccc2cnccc12)N1CCC(N2CCNCC2)C1. The van der Waals surface area contributed by atoms with Crippen LogP contribution < -0.4 is 5.32 Å². The zero-order valence-corrected chi connectivity index (χ0v) is 14.4. The average molecular weight is 346 g/mol. The first-order valence-electron chi connectivity index (χ1n) is 8.44. The summed E-state index contributed by atoms with van der Waals surface area (Å²) in [6.07, 6.45) is 4.27. The molecule has 3 heterocycles. The highest BCUT2D eigenvalue weighted by atomic mass is 32.2. The van der Waals surface area contributed by atoms with Gasteiger partial charge in [-0.3, -0.25) is 9.88 Å². The maximum absolute atomic E-state index is 13.2. The largest absolute Gasteiger partial charge is 0.314 e. The molecule has 2 aromatic rings. The summed E-state index contributed by atoms with van der Waals surface area (Å²) in [5.74, 6) is 0. The molecule has 2 aliphatic rings. The fourth-order valence-electron chi connectivity index (χ4n) is 3.73. The van der Waals surface area contributed by atoms with Gasteiger partial charge in [0.2, 0.25) is 10.0 Å². The van der Waals surface area contributed by atoms with Crippen LogP contribution in [-0.2, 0) is 10.0 Å². The van der Waals surface area contributed by atoms with Crippen molar-refractivity contribution >= 4 is 20.8 Å². The molecule has 1 aromatic heterocycles. The molecule has 0 radical (unpaired) electrons. The second-order valence-corrected chi connectivity index (χ2v) is 8.35. The van der Waals surface area contributed by atoms with E-state index in [9.17, 15) is 8.42 Å². The minimum Gasteiger partial charge on any atom is -0.314 e. The van der Waals surface area contributed by atoms with Gasteiger partial charge in [-0.05, 0) is 18.6 Å². The van der Waals surface area contributed by atoms with Gasteiger partial charge in [-0.2, -0.15) is 4.31 Å². The highest BCUT2D eigenvalue weighted by molar-refractivity contribution is 7.89. The molecule has 0 aliphatic carbocycles. The van der Waals surface area contributed by atoms with Gasteiger partial charge in [0, 0.05) is 68.5 Å². The molecule has 0 saturated carbocycles. The van der Waals surface area contributed by atoms with Crippen molar-refractivity contribution in [3.63, 3.8) is 0 Å². The lowest BCUT2D eigenvalue weighted by molar-refractivity contribution is 0.179. The van der Waals surface area contributed by atoms with Crippen LogP contribution in [0.25, 0.3) is 10.8 Å². The van der Waals surface area contributed by atoms with Crippen molar-refractivity contribution in [2.45, 2.75) is 17.4 Å². The third kappa shape index (κ3) is 2.82. The van der Waals surface area contributed by atoms with Gasteiger partial charge in [0.05, 0.1) is 4.90 Å². The van der Waals surface area contributed by atoms with Crippen molar-refractivity contribution in [1.82, 2.24) is 19.5 Å². The zero-order chi connectivity index (χ0) is 16.6. The fraction of sp³-hybridized carbons (Fsp3) is 0.471. The summed E-state index contributed by atoms with van der Waals surface area (Å²) < 4.78 is 28.0. The highest BCUT2D eigenvalue weighted by Gasteiger charge is 2.36. The van der Waals surface area contributed by atoms with E-state index in [-0.39, 0.29) is 0 Å². The van der Waals surface area contributed by atoms with Crippen LogP contribution in [0.5, 0.6) is 0 Å². The third-order valence-corrected chi connectivity index (χ3v) is 6.98. The van der Waals surface area contributed by atoms with E-state index >= 15 is 0 Å². The molecule has 1 aromatic carbocycles. The van der Waals surface area contributed by atoms with Gasteiger partial charge in [-0.15, -0.1) is 0 Å². The van der Waals surface area contributed by atoms with E-state index in [1.54, 1.807) is 34.9 Å². The summed E-state index contributed by atoms with van der Waals surface area (Å²) in [4.78, 5) is 6.89. The van der Waals surface area contributed by atoms with Crippen molar-refractivity contribution in [2.75, 3.05) is 39.3 Å². The number of nitrogens with one attached hydrogen (secondary N) is 1. The topological polar surface area (TPSA) is 65.5 Å².